The third kappa shape index (κ3) is 4.55. The number of hydrogen-bond acceptors (Lipinski definition) is 6. The second kappa shape index (κ2) is 9.90. The van der Waals surface area contributed by atoms with Crippen LogP contribution in [0, 0.1) is 0 Å². The minimum atomic E-state index is -3.16. The summed E-state index contributed by atoms with van der Waals surface area (Å²) in [4.78, 5) is 26.1. The van der Waals surface area contributed by atoms with Gasteiger partial charge in [-0.25, -0.2) is 4.79 Å². The van der Waals surface area contributed by atoms with E-state index in [1.165, 1.54) is 0 Å². The number of H-pyrrole nitrogens is 1. The van der Waals surface area contributed by atoms with E-state index in [-0.39, 0.29) is 28.8 Å². The van der Waals surface area contributed by atoms with Crippen molar-refractivity contribution in [2.45, 2.75) is 96.0 Å². The van der Waals surface area contributed by atoms with Gasteiger partial charge in [-0.15, -0.1) is 0 Å². The minimum absolute atomic E-state index is 0.000691. The molecule has 2 saturated heterocycles. The van der Waals surface area contributed by atoms with Gasteiger partial charge in [-0.05, 0) is 22.2 Å². The molecule has 0 bridgehead atoms. The molecule has 3 rings (SSSR count). The molecular formula is C22H36F2N2O6Si2. The Morgan fingerprint density at radius 1 is 1.00 bits per heavy atom. The van der Waals surface area contributed by atoms with Crippen molar-refractivity contribution in [2.24, 2.45) is 0 Å². The molecule has 2 fully saturated rings. The zero-order chi connectivity index (χ0) is 25.6. The summed E-state index contributed by atoms with van der Waals surface area (Å²) in [5.41, 5.74) is -1.84. The molecule has 0 amide bonds. The van der Waals surface area contributed by atoms with Crippen molar-refractivity contribution in [1.29, 1.82) is 0 Å². The molecule has 3 heterocycles. The molecule has 0 radical (unpaired) electrons. The molecular weight excluding hydrogens is 482 g/mol. The molecule has 192 valence electrons. The first-order valence-electron chi connectivity index (χ1n) is 11.8. The molecule has 0 unspecified atom stereocenters. The topological polar surface area (TPSA) is 91.8 Å². The van der Waals surface area contributed by atoms with Gasteiger partial charge in [0.25, 0.3) is 11.6 Å². The van der Waals surface area contributed by atoms with Gasteiger partial charge >= 0.3 is 22.8 Å². The lowest BCUT2D eigenvalue weighted by atomic mass is 10.1. The zero-order valence-corrected chi connectivity index (χ0v) is 23.1. The largest absolute Gasteiger partial charge is 0.414 e. The van der Waals surface area contributed by atoms with Crippen LogP contribution in [-0.4, -0.2) is 45.5 Å². The summed E-state index contributed by atoms with van der Waals surface area (Å²) in [6, 6.07) is 1.09. The number of ether oxygens (including phenoxy) is 1. The Morgan fingerprint density at radius 2 is 1.56 bits per heavy atom. The summed E-state index contributed by atoms with van der Waals surface area (Å²) in [5, 5.41) is 0. The molecule has 0 spiro atoms. The molecule has 34 heavy (non-hydrogen) atoms. The number of hydrogen-bond donors (Lipinski definition) is 1. The Morgan fingerprint density at radius 3 is 2.03 bits per heavy atom. The first kappa shape index (κ1) is 27.1. The molecule has 2 aliphatic heterocycles. The highest BCUT2D eigenvalue weighted by Gasteiger charge is 2.61. The Hall–Kier alpha value is -1.45. The SMILES string of the molecule is CC(C)[Si]1(C(C)C)OC[C@H]2O[C@@H](n3ccc(=O)[nH]c3=O)C(=C(F)F)[C@@H]2O[Si](C(C)C)(C(C)C)O1. The highest BCUT2D eigenvalue weighted by Crippen LogP contribution is 2.49. The van der Waals surface area contributed by atoms with Gasteiger partial charge in [0.2, 0.25) is 0 Å². The van der Waals surface area contributed by atoms with E-state index in [0.717, 1.165) is 16.8 Å². The Labute approximate surface area is 200 Å². The number of nitrogens with one attached hydrogen (secondary N) is 1. The Bertz CT molecular complexity index is 1020. The lowest BCUT2D eigenvalue weighted by Gasteiger charge is -2.51. The average Bonchev–Trinajstić information content (AvgIpc) is 3.04. The van der Waals surface area contributed by atoms with E-state index < -0.39 is 58.5 Å². The lowest BCUT2D eigenvalue weighted by Crippen LogP contribution is -2.65. The van der Waals surface area contributed by atoms with E-state index in [2.05, 4.69) is 32.7 Å². The molecule has 0 aromatic carbocycles. The number of nitrogens with zero attached hydrogens (tertiary/aromatic N) is 1. The van der Waals surface area contributed by atoms with Gasteiger partial charge in [-0.2, -0.15) is 8.78 Å². The van der Waals surface area contributed by atoms with Crippen molar-refractivity contribution in [3.63, 3.8) is 0 Å². The molecule has 3 atom stereocenters. The molecule has 12 heteroatoms. The quantitative estimate of drug-likeness (QED) is 0.576. The molecule has 1 aromatic rings. The highest BCUT2D eigenvalue weighted by molar-refractivity contribution is 6.84. The van der Waals surface area contributed by atoms with Crippen LogP contribution in [0.1, 0.15) is 61.6 Å². The van der Waals surface area contributed by atoms with Crippen LogP contribution in [0.3, 0.4) is 0 Å². The number of aromatic nitrogens is 2. The highest BCUT2D eigenvalue weighted by atomic mass is 28.5. The van der Waals surface area contributed by atoms with Crippen molar-refractivity contribution >= 4 is 17.1 Å². The minimum Gasteiger partial charge on any atom is -0.414 e. The number of aromatic amines is 1. The van der Waals surface area contributed by atoms with E-state index in [0.29, 0.717) is 0 Å². The predicted molar refractivity (Wildman–Crippen MR) is 128 cm³/mol. The fourth-order valence-electron chi connectivity index (χ4n) is 5.07. The average molecular weight is 519 g/mol. The maximum atomic E-state index is 14.4. The van der Waals surface area contributed by atoms with E-state index in [1.54, 1.807) is 0 Å². The van der Waals surface area contributed by atoms with Crippen LogP contribution >= 0.6 is 0 Å². The molecule has 1 N–H and O–H groups in total. The van der Waals surface area contributed by atoms with Crippen LogP contribution in [0.4, 0.5) is 8.78 Å². The third-order valence-corrected chi connectivity index (χ3v) is 17.1. The standard InChI is InChI=1S/C22H36F2N2O6Si2/c1-12(2)33(13(3)4)29-11-16-19(31-34(32-33,14(5)6)15(7)8)18(20(23)24)21(30-16)26-10-9-17(27)25-22(26)28/h9-10,12-16,19,21H,11H2,1-8H3,(H,25,27,28)/t16-,19-,21-/m1/s1. The monoisotopic (exact) mass is 518 g/mol. The van der Waals surface area contributed by atoms with Crippen LogP contribution in [0.25, 0.3) is 0 Å². The van der Waals surface area contributed by atoms with Gasteiger partial charge in [0.05, 0.1) is 12.2 Å². The molecule has 8 nitrogen and oxygen atoms in total. The van der Waals surface area contributed by atoms with Crippen LogP contribution in [0.2, 0.25) is 22.2 Å². The predicted octanol–water partition coefficient (Wildman–Crippen LogP) is 4.54. The maximum absolute atomic E-state index is 14.4. The molecule has 1 aromatic heterocycles. The second-order valence-corrected chi connectivity index (χ2v) is 19.1. The first-order chi connectivity index (χ1) is 15.8. The summed E-state index contributed by atoms with van der Waals surface area (Å²) in [5.74, 6) is 0. The van der Waals surface area contributed by atoms with Gasteiger partial charge in [-0.1, -0.05) is 55.4 Å². The third-order valence-electron chi connectivity index (χ3n) is 6.86. The summed E-state index contributed by atoms with van der Waals surface area (Å²) in [6.45, 7) is 16.3. The van der Waals surface area contributed by atoms with Crippen LogP contribution in [0.15, 0.2) is 33.5 Å². The number of rotatable bonds is 5. The smallest absolute Gasteiger partial charge is 0.335 e. The fraction of sp³-hybridized carbons (Fsp3) is 0.727. The van der Waals surface area contributed by atoms with Crippen molar-refractivity contribution in [3.05, 3.63) is 44.8 Å². The van der Waals surface area contributed by atoms with Crippen molar-refractivity contribution in [3.8, 4) is 0 Å². The van der Waals surface area contributed by atoms with Gasteiger partial charge < -0.3 is 17.7 Å². The molecule has 2 aliphatic rings. The first-order valence-corrected chi connectivity index (χ1v) is 15.7. The van der Waals surface area contributed by atoms with E-state index >= 15 is 0 Å². The molecule has 0 saturated carbocycles. The van der Waals surface area contributed by atoms with Gasteiger partial charge in [0.1, 0.15) is 12.2 Å². The fourth-order valence-corrected chi connectivity index (χ4v) is 16.2. The van der Waals surface area contributed by atoms with Crippen molar-refractivity contribution in [1.82, 2.24) is 9.55 Å². The normalized spacial score (nSPS) is 26.8. The van der Waals surface area contributed by atoms with Crippen LogP contribution in [-0.2, 0) is 17.7 Å². The van der Waals surface area contributed by atoms with E-state index in [1.807, 2.05) is 27.7 Å². The van der Waals surface area contributed by atoms with Crippen LogP contribution in [0.5, 0.6) is 0 Å². The maximum Gasteiger partial charge on any atom is 0.335 e. The number of fused-ring (bicyclic) bond motifs is 1. The van der Waals surface area contributed by atoms with Crippen molar-refractivity contribution < 1.29 is 26.5 Å². The Kier molecular flexibility index (Phi) is 7.90. The lowest BCUT2D eigenvalue weighted by molar-refractivity contribution is -0.0562. The van der Waals surface area contributed by atoms with E-state index in [9.17, 15) is 18.4 Å². The second-order valence-electron chi connectivity index (χ2n) is 10.3. The summed E-state index contributed by atoms with van der Waals surface area (Å²) < 4.78 is 56.1. The zero-order valence-electron chi connectivity index (χ0n) is 21.1. The van der Waals surface area contributed by atoms with Gasteiger partial charge in [-0.3, -0.25) is 14.3 Å². The molecule has 0 aliphatic carbocycles. The van der Waals surface area contributed by atoms with Gasteiger partial charge in [0, 0.05) is 12.3 Å². The Balaban J connectivity index is 2.19. The van der Waals surface area contributed by atoms with Crippen molar-refractivity contribution in [2.75, 3.05) is 6.61 Å². The van der Waals surface area contributed by atoms with Crippen LogP contribution < -0.4 is 11.2 Å². The summed E-state index contributed by atoms with van der Waals surface area (Å²) in [6.07, 6.45) is -4.26. The number of halogens is 2. The van der Waals surface area contributed by atoms with Gasteiger partial charge in [0.15, 0.2) is 6.23 Å². The summed E-state index contributed by atoms with van der Waals surface area (Å²) >= 11 is 0. The summed E-state index contributed by atoms with van der Waals surface area (Å²) in [7, 11) is -6.04. The van der Waals surface area contributed by atoms with E-state index in [4.69, 9.17) is 17.7 Å².